The molecule has 3 rings (SSSR count). The molecule has 0 bridgehead atoms. The van der Waals surface area contributed by atoms with Gasteiger partial charge in [0.1, 0.15) is 5.75 Å². The van der Waals surface area contributed by atoms with Crippen LogP contribution in [0.4, 0.5) is 18.9 Å². The highest BCUT2D eigenvalue weighted by Crippen LogP contribution is 2.39. The smallest absolute Gasteiger partial charge is 0.416 e. The summed E-state index contributed by atoms with van der Waals surface area (Å²) >= 11 is 10.9. The SMILES string of the molecule is COc1ccc(NC(=O)C2C(=O)N(C)C(=S)N(C)C2=O)cc1Oc1ccc(C(F)(F)F)cc1Cl. The number of hydrogen-bond acceptors (Lipinski definition) is 6. The Bertz CT molecular complexity index is 1170. The van der Waals surface area contributed by atoms with Crippen molar-refractivity contribution in [1.29, 1.82) is 0 Å². The van der Waals surface area contributed by atoms with E-state index in [1.54, 1.807) is 0 Å². The molecule has 13 heteroatoms. The molecule has 0 saturated carbocycles. The minimum atomic E-state index is -4.58. The number of anilines is 1. The summed E-state index contributed by atoms with van der Waals surface area (Å²) in [4.78, 5) is 39.7. The maximum absolute atomic E-state index is 12.9. The van der Waals surface area contributed by atoms with Gasteiger partial charge in [0.2, 0.25) is 5.91 Å². The lowest BCUT2D eigenvalue weighted by Crippen LogP contribution is -2.59. The number of benzene rings is 2. The van der Waals surface area contributed by atoms with Crippen molar-refractivity contribution < 1.29 is 37.0 Å². The average molecular weight is 516 g/mol. The predicted octanol–water partition coefficient (Wildman–Crippen LogP) is 3.93. The number of rotatable bonds is 5. The van der Waals surface area contributed by atoms with E-state index in [0.29, 0.717) is 6.07 Å². The van der Waals surface area contributed by atoms with Gasteiger partial charge in [-0.1, -0.05) is 11.6 Å². The normalized spacial score (nSPS) is 15.0. The number of methoxy groups -OCH3 is 1. The second-order valence-electron chi connectivity index (χ2n) is 7.11. The number of ether oxygens (including phenoxy) is 2. The molecule has 3 amide bonds. The molecule has 180 valence electrons. The summed E-state index contributed by atoms with van der Waals surface area (Å²) in [6.45, 7) is 0. The summed E-state index contributed by atoms with van der Waals surface area (Å²) in [5, 5.41) is 2.12. The van der Waals surface area contributed by atoms with Gasteiger partial charge in [-0.05, 0) is 42.5 Å². The number of carbonyl (C=O) groups excluding carboxylic acids is 3. The van der Waals surface area contributed by atoms with E-state index in [1.807, 2.05) is 0 Å². The highest BCUT2D eigenvalue weighted by molar-refractivity contribution is 7.80. The van der Waals surface area contributed by atoms with E-state index in [1.165, 1.54) is 39.4 Å². The Kier molecular flexibility index (Phi) is 7.03. The van der Waals surface area contributed by atoms with Crippen molar-refractivity contribution in [3.05, 3.63) is 47.0 Å². The Morgan fingerprint density at radius 1 is 1.03 bits per heavy atom. The predicted molar refractivity (Wildman–Crippen MR) is 120 cm³/mol. The summed E-state index contributed by atoms with van der Waals surface area (Å²) in [5.41, 5.74) is -0.822. The molecule has 0 spiro atoms. The summed E-state index contributed by atoms with van der Waals surface area (Å²) in [5.74, 6) is -4.02. The minimum Gasteiger partial charge on any atom is -0.493 e. The fourth-order valence-electron chi connectivity index (χ4n) is 3.06. The van der Waals surface area contributed by atoms with E-state index in [4.69, 9.17) is 33.3 Å². The fourth-order valence-corrected chi connectivity index (χ4v) is 3.46. The first-order chi connectivity index (χ1) is 15.8. The van der Waals surface area contributed by atoms with E-state index in [0.717, 1.165) is 21.9 Å². The lowest BCUT2D eigenvalue weighted by molar-refractivity contribution is -0.149. The van der Waals surface area contributed by atoms with Crippen LogP contribution in [0.2, 0.25) is 5.02 Å². The third-order valence-electron chi connectivity index (χ3n) is 4.90. The lowest BCUT2D eigenvalue weighted by atomic mass is 10.0. The number of hydrogen-bond donors (Lipinski definition) is 1. The van der Waals surface area contributed by atoms with Crippen LogP contribution in [-0.2, 0) is 20.6 Å². The van der Waals surface area contributed by atoms with Crippen LogP contribution in [0, 0.1) is 5.92 Å². The van der Waals surface area contributed by atoms with Gasteiger partial charge in [0.05, 0.1) is 17.7 Å². The molecule has 0 aliphatic carbocycles. The van der Waals surface area contributed by atoms with E-state index >= 15 is 0 Å². The topological polar surface area (TPSA) is 88.2 Å². The number of carbonyl (C=O) groups is 3. The van der Waals surface area contributed by atoms with Gasteiger partial charge in [0.15, 0.2) is 22.5 Å². The molecule has 2 aromatic carbocycles. The highest BCUT2D eigenvalue weighted by Gasteiger charge is 2.45. The molecule has 1 N–H and O–H groups in total. The number of alkyl halides is 3. The van der Waals surface area contributed by atoms with Crippen molar-refractivity contribution in [2.75, 3.05) is 26.5 Å². The first-order valence-electron chi connectivity index (χ1n) is 9.47. The van der Waals surface area contributed by atoms with E-state index in [-0.39, 0.29) is 33.1 Å². The minimum absolute atomic E-state index is 0.0127. The molecule has 1 saturated heterocycles. The molecular weight excluding hydrogens is 499 g/mol. The second kappa shape index (κ2) is 9.47. The molecule has 1 aliphatic rings. The van der Waals surface area contributed by atoms with Crippen LogP contribution in [0.15, 0.2) is 36.4 Å². The maximum atomic E-state index is 12.9. The van der Waals surface area contributed by atoms with Gasteiger partial charge in [-0.15, -0.1) is 0 Å². The molecule has 34 heavy (non-hydrogen) atoms. The molecule has 0 aromatic heterocycles. The van der Waals surface area contributed by atoms with Crippen molar-refractivity contribution in [1.82, 2.24) is 9.80 Å². The number of thiocarbonyl (C=S) groups is 1. The van der Waals surface area contributed by atoms with Gasteiger partial charge in [-0.3, -0.25) is 24.2 Å². The Hall–Kier alpha value is -3.38. The van der Waals surface area contributed by atoms with Gasteiger partial charge in [0, 0.05) is 25.8 Å². The number of amides is 3. The highest BCUT2D eigenvalue weighted by atomic mass is 35.5. The quantitative estimate of drug-likeness (QED) is 0.479. The lowest BCUT2D eigenvalue weighted by Gasteiger charge is -2.34. The molecule has 1 heterocycles. The summed E-state index contributed by atoms with van der Waals surface area (Å²) in [7, 11) is 4.03. The monoisotopic (exact) mass is 515 g/mol. The molecule has 0 atom stereocenters. The molecule has 0 unspecified atom stereocenters. The Balaban J connectivity index is 1.86. The van der Waals surface area contributed by atoms with Crippen molar-refractivity contribution >= 4 is 52.3 Å². The van der Waals surface area contributed by atoms with E-state index < -0.39 is 35.4 Å². The molecule has 2 aromatic rings. The standard InChI is InChI=1S/C21H17ClF3N3O5S/c1-27-18(30)16(19(31)28(2)20(27)34)17(29)26-11-5-7-14(32-3)15(9-11)33-13-6-4-10(8-12(13)22)21(23,24)25/h4-9,16H,1-3H3,(H,26,29). The molecule has 8 nitrogen and oxygen atoms in total. The summed E-state index contributed by atoms with van der Waals surface area (Å²) in [6.07, 6.45) is -4.58. The van der Waals surface area contributed by atoms with Gasteiger partial charge in [0.25, 0.3) is 11.8 Å². The summed E-state index contributed by atoms with van der Waals surface area (Å²) in [6, 6.07) is 6.71. The van der Waals surface area contributed by atoms with Crippen molar-refractivity contribution in [2.24, 2.45) is 5.92 Å². The van der Waals surface area contributed by atoms with Crippen LogP contribution in [-0.4, -0.2) is 53.8 Å². The van der Waals surface area contributed by atoms with Crippen LogP contribution < -0.4 is 14.8 Å². The van der Waals surface area contributed by atoms with Crippen molar-refractivity contribution in [3.8, 4) is 17.2 Å². The second-order valence-corrected chi connectivity index (χ2v) is 7.88. The van der Waals surface area contributed by atoms with Gasteiger partial charge < -0.3 is 14.8 Å². The third kappa shape index (κ3) is 4.92. The van der Waals surface area contributed by atoms with Crippen molar-refractivity contribution in [2.45, 2.75) is 6.18 Å². The maximum Gasteiger partial charge on any atom is 0.416 e. The zero-order chi connectivity index (χ0) is 25.4. The number of nitrogens with one attached hydrogen (secondary N) is 1. The zero-order valence-corrected chi connectivity index (χ0v) is 19.5. The Labute approximate surface area is 202 Å². The van der Waals surface area contributed by atoms with Crippen molar-refractivity contribution in [3.63, 3.8) is 0 Å². The average Bonchev–Trinajstić information content (AvgIpc) is 2.77. The van der Waals surface area contributed by atoms with Crippen LogP contribution in [0.3, 0.4) is 0 Å². The Morgan fingerprint density at radius 3 is 2.15 bits per heavy atom. The molecule has 1 aliphatic heterocycles. The number of halogens is 4. The fraction of sp³-hybridized carbons (Fsp3) is 0.238. The van der Waals surface area contributed by atoms with E-state index in [2.05, 4.69) is 5.32 Å². The molecular formula is C21H17ClF3N3O5S. The molecule has 1 fully saturated rings. The van der Waals surface area contributed by atoms with Gasteiger partial charge in [-0.2, -0.15) is 13.2 Å². The summed E-state index contributed by atoms with van der Waals surface area (Å²) < 4.78 is 49.4. The Morgan fingerprint density at radius 2 is 1.62 bits per heavy atom. The zero-order valence-electron chi connectivity index (χ0n) is 17.9. The van der Waals surface area contributed by atoms with Crippen LogP contribution >= 0.6 is 23.8 Å². The van der Waals surface area contributed by atoms with Gasteiger partial charge in [-0.25, -0.2) is 0 Å². The van der Waals surface area contributed by atoms with Crippen LogP contribution in [0.5, 0.6) is 17.2 Å². The third-order valence-corrected chi connectivity index (χ3v) is 5.74. The largest absolute Gasteiger partial charge is 0.493 e. The van der Waals surface area contributed by atoms with E-state index in [9.17, 15) is 27.6 Å². The number of nitrogens with zero attached hydrogens (tertiary/aromatic N) is 2. The first kappa shape index (κ1) is 25.2. The van der Waals surface area contributed by atoms with Crippen LogP contribution in [0.1, 0.15) is 5.56 Å². The first-order valence-corrected chi connectivity index (χ1v) is 10.3. The van der Waals surface area contributed by atoms with Gasteiger partial charge >= 0.3 is 6.18 Å². The molecule has 0 radical (unpaired) electrons. The van der Waals surface area contributed by atoms with Crippen LogP contribution in [0.25, 0.3) is 0 Å².